The lowest BCUT2D eigenvalue weighted by atomic mass is 10.0. The summed E-state index contributed by atoms with van der Waals surface area (Å²) < 4.78 is 5.45. The molecular weight excluding hydrogens is 719 g/mol. The SMILES string of the molecule is CCCCCCCCCCCCCC(=O)OCCCCCCCCCC/C=C\CCCCCCCCCC(=O)NC(CO)C(O)CCCCCCCCCCCCC. The molecule has 0 aliphatic carbocycles. The first-order valence-electron chi connectivity index (χ1n) is 25.9. The average Bonchev–Trinajstić information content (AvgIpc) is 3.22. The highest BCUT2D eigenvalue weighted by molar-refractivity contribution is 5.76. The second kappa shape index (κ2) is 48.3. The molecule has 0 heterocycles. The molecule has 0 radical (unpaired) electrons. The number of carbonyl (C=O) groups is 2. The summed E-state index contributed by atoms with van der Waals surface area (Å²) in [6.07, 6.45) is 54.7. The molecular formula is C52H101NO5. The molecule has 0 fully saturated rings. The molecule has 0 bridgehead atoms. The number of allylic oxidation sites excluding steroid dienone is 2. The van der Waals surface area contributed by atoms with Gasteiger partial charge in [0.25, 0.3) is 0 Å². The number of esters is 1. The predicted molar refractivity (Wildman–Crippen MR) is 250 cm³/mol. The molecule has 1 amide bonds. The van der Waals surface area contributed by atoms with E-state index >= 15 is 0 Å². The molecule has 0 aliphatic rings. The van der Waals surface area contributed by atoms with E-state index in [1.165, 1.54) is 205 Å². The number of nitrogens with one attached hydrogen (secondary N) is 1. The third-order valence-corrected chi connectivity index (χ3v) is 12.1. The number of hydrogen-bond acceptors (Lipinski definition) is 5. The lowest BCUT2D eigenvalue weighted by molar-refractivity contribution is -0.143. The summed E-state index contributed by atoms with van der Waals surface area (Å²) in [7, 11) is 0. The fraction of sp³-hybridized carbons (Fsp3) is 0.923. The predicted octanol–water partition coefficient (Wildman–Crippen LogP) is 15.3. The van der Waals surface area contributed by atoms with Crippen molar-refractivity contribution in [2.24, 2.45) is 0 Å². The zero-order valence-electron chi connectivity index (χ0n) is 39.0. The summed E-state index contributed by atoms with van der Waals surface area (Å²) in [5.74, 6) is -0.0417. The van der Waals surface area contributed by atoms with Crippen LogP contribution in [0.1, 0.15) is 284 Å². The van der Waals surface area contributed by atoms with Crippen LogP contribution in [0.2, 0.25) is 0 Å². The van der Waals surface area contributed by atoms with E-state index in [1.807, 2.05) is 0 Å². The molecule has 0 saturated heterocycles. The van der Waals surface area contributed by atoms with Gasteiger partial charge in [-0.1, -0.05) is 231 Å². The number of unbranched alkanes of at least 4 members (excludes halogenated alkanes) is 35. The third-order valence-electron chi connectivity index (χ3n) is 12.1. The van der Waals surface area contributed by atoms with Gasteiger partial charge in [-0.25, -0.2) is 0 Å². The summed E-state index contributed by atoms with van der Waals surface area (Å²) in [4.78, 5) is 24.4. The summed E-state index contributed by atoms with van der Waals surface area (Å²) in [5.41, 5.74) is 0. The Morgan fingerprint density at radius 1 is 0.466 bits per heavy atom. The minimum absolute atomic E-state index is 0.00356. The lowest BCUT2D eigenvalue weighted by Crippen LogP contribution is -2.45. The number of hydrogen-bond donors (Lipinski definition) is 3. The van der Waals surface area contributed by atoms with Crippen LogP contribution in [0.5, 0.6) is 0 Å². The van der Waals surface area contributed by atoms with Crippen molar-refractivity contribution < 1.29 is 24.5 Å². The van der Waals surface area contributed by atoms with Gasteiger partial charge in [-0.2, -0.15) is 0 Å². The first kappa shape index (κ1) is 56.6. The van der Waals surface area contributed by atoms with Crippen molar-refractivity contribution in [2.45, 2.75) is 296 Å². The van der Waals surface area contributed by atoms with E-state index in [9.17, 15) is 19.8 Å². The summed E-state index contributed by atoms with van der Waals surface area (Å²) in [6, 6.07) is -0.546. The van der Waals surface area contributed by atoms with Gasteiger partial charge in [0.05, 0.1) is 25.4 Å². The second-order valence-corrected chi connectivity index (χ2v) is 17.9. The van der Waals surface area contributed by atoms with Crippen LogP contribution < -0.4 is 5.32 Å². The molecule has 0 aliphatic heterocycles. The maximum Gasteiger partial charge on any atom is 0.305 e. The topological polar surface area (TPSA) is 95.9 Å². The molecule has 6 nitrogen and oxygen atoms in total. The van der Waals surface area contributed by atoms with Crippen LogP contribution in [-0.2, 0) is 14.3 Å². The van der Waals surface area contributed by atoms with Crippen molar-refractivity contribution in [3.63, 3.8) is 0 Å². The van der Waals surface area contributed by atoms with Crippen LogP contribution in [-0.4, -0.2) is 47.4 Å². The van der Waals surface area contributed by atoms with E-state index in [0.717, 1.165) is 44.9 Å². The molecule has 0 saturated carbocycles. The van der Waals surface area contributed by atoms with Crippen molar-refractivity contribution in [2.75, 3.05) is 13.2 Å². The van der Waals surface area contributed by atoms with Gasteiger partial charge in [-0.05, 0) is 51.4 Å². The Labute approximate surface area is 361 Å². The van der Waals surface area contributed by atoms with Gasteiger partial charge in [-0.3, -0.25) is 9.59 Å². The zero-order valence-corrected chi connectivity index (χ0v) is 39.0. The molecule has 6 heteroatoms. The van der Waals surface area contributed by atoms with Gasteiger partial charge < -0.3 is 20.3 Å². The van der Waals surface area contributed by atoms with Crippen LogP contribution in [0.3, 0.4) is 0 Å². The van der Waals surface area contributed by atoms with Gasteiger partial charge >= 0.3 is 5.97 Å². The zero-order chi connectivity index (χ0) is 42.3. The maximum absolute atomic E-state index is 12.4. The van der Waals surface area contributed by atoms with Gasteiger partial charge in [-0.15, -0.1) is 0 Å². The minimum atomic E-state index is -0.667. The molecule has 0 aromatic rings. The Balaban J connectivity index is 3.43. The van der Waals surface area contributed by atoms with E-state index in [-0.39, 0.29) is 18.5 Å². The molecule has 58 heavy (non-hydrogen) atoms. The molecule has 0 spiro atoms. The van der Waals surface area contributed by atoms with Gasteiger partial charge in [0.2, 0.25) is 5.91 Å². The Bertz CT molecular complexity index is 863. The van der Waals surface area contributed by atoms with E-state index in [0.29, 0.717) is 25.9 Å². The molecule has 3 N–H and O–H groups in total. The fourth-order valence-corrected chi connectivity index (χ4v) is 8.05. The monoisotopic (exact) mass is 820 g/mol. The summed E-state index contributed by atoms with van der Waals surface area (Å²) in [6.45, 7) is 4.93. The maximum atomic E-state index is 12.4. The smallest absolute Gasteiger partial charge is 0.305 e. The first-order valence-corrected chi connectivity index (χ1v) is 25.9. The molecule has 2 atom stereocenters. The Morgan fingerprint density at radius 2 is 0.810 bits per heavy atom. The average molecular weight is 820 g/mol. The van der Waals surface area contributed by atoms with Crippen molar-refractivity contribution in [3.05, 3.63) is 12.2 Å². The summed E-state index contributed by atoms with van der Waals surface area (Å²) >= 11 is 0. The number of aliphatic hydroxyl groups excluding tert-OH is 2. The summed E-state index contributed by atoms with van der Waals surface area (Å²) in [5, 5.41) is 23.1. The van der Waals surface area contributed by atoms with E-state index in [1.54, 1.807) is 0 Å². The van der Waals surface area contributed by atoms with Crippen LogP contribution in [0.15, 0.2) is 12.2 Å². The molecule has 2 unspecified atom stereocenters. The molecule has 344 valence electrons. The minimum Gasteiger partial charge on any atom is -0.466 e. The van der Waals surface area contributed by atoms with Crippen LogP contribution in [0.25, 0.3) is 0 Å². The second-order valence-electron chi connectivity index (χ2n) is 17.9. The highest BCUT2D eigenvalue weighted by Crippen LogP contribution is 2.16. The van der Waals surface area contributed by atoms with Gasteiger partial charge in [0.1, 0.15) is 0 Å². The normalized spacial score (nSPS) is 12.7. The number of carbonyl (C=O) groups excluding carboxylic acids is 2. The van der Waals surface area contributed by atoms with Gasteiger partial charge in [0, 0.05) is 12.8 Å². The quantitative estimate of drug-likeness (QED) is 0.0323. The highest BCUT2D eigenvalue weighted by Gasteiger charge is 2.20. The lowest BCUT2D eigenvalue weighted by Gasteiger charge is -2.22. The number of rotatable bonds is 48. The highest BCUT2D eigenvalue weighted by atomic mass is 16.5. The Hall–Kier alpha value is -1.40. The van der Waals surface area contributed by atoms with Crippen LogP contribution in [0.4, 0.5) is 0 Å². The van der Waals surface area contributed by atoms with E-state index in [4.69, 9.17) is 4.74 Å². The Morgan fingerprint density at radius 3 is 1.22 bits per heavy atom. The molecule has 0 aromatic heterocycles. The van der Waals surface area contributed by atoms with Gasteiger partial charge in [0.15, 0.2) is 0 Å². The molecule has 0 aromatic carbocycles. The van der Waals surface area contributed by atoms with Crippen molar-refractivity contribution >= 4 is 11.9 Å². The number of ether oxygens (including phenoxy) is 1. The van der Waals surface area contributed by atoms with Crippen LogP contribution in [0, 0.1) is 0 Å². The standard InChI is InChI=1S/C52H101NO5/c1-3-5-7-9-11-13-24-28-32-36-40-44-50(55)49(48-54)53-51(56)45-41-37-33-29-26-22-20-18-16-15-17-19-21-23-27-31-35-39-43-47-58-52(57)46-42-38-34-30-25-14-12-10-8-6-4-2/h15-16,49-50,54-55H,3-14,17-48H2,1-2H3,(H,53,56)/b16-15-. The van der Waals surface area contributed by atoms with E-state index in [2.05, 4.69) is 31.3 Å². The van der Waals surface area contributed by atoms with Crippen molar-refractivity contribution in [1.82, 2.24) is 5.32 Å². The van der Waals surface area contributed by atoms with Crippen molar-refractivity contribution in [3.8, 4) is 0 Å². The molecule has 0 rings (SSSR count). The number of aliphatic hydroxyl groups is 2. The Kier molecular flexibility index (Phi) is 47.1. The van der Waals surface area contributed by atoms with Crippen LogP contribution >= 0.6 is 0 Å². The van der Waals surface area contributed by atoms with Crippen molar-refractivity contribution in [1.29, 1.82) is 0 Å². The largest absolute Gasteiger partial charge is 0.466 e. The first-order chi connectivity index (χ1) is 28.5. The third kappa shape index (κ3) is 44.2. The van der Waals surface area contributed by atoms with E-state index < -0.39 is 12.1 Å². The number of amides is 1. The fourth-order valence-electron chi connectivity index (χ4n) is 8.05.